The summed E-state index contributed by atoms with van der Waals surface area (Å²) >= 11 is 0. The van der Waals surface area contributed by atoms with Crippen molar-refractivity contribution in [3.8, 4) is 0 Å². The lowest BCUT2D eigenvalue weighted by Gasteiger charge is -2.22. The Labute approximate surface area is 75.1 Å². The third-order valence-corrected chi connectivity index (χ3v) is 2.96. The first-order valence-corrected chi connectivity index (χ1v) is 5.36. The molecule has 2 rings (SSSR count). The summed E-state index contributed by atoms with van der Waals surface area (Å²) in [7, 11) is 0. The van der Waals surface area contributed by atoms with E-state index in [-0.39, 0.29) is 0 Å². The third kappa shape index (κ3) is 2.76. The van der Waals surface area contributed by atoms with E-state index in [4.69, 9.17) is 0 Å². The fourth-order valence-corrected chi connectivity index (χ4v) is 1.91. The van der Waals surface area contributed by atoms with E-state index in [0.29, 0.717) is 0 Å². The monoisotopic (exact) mass is 168 g/mol. The average molecular weight is 168 g/mol. The van der Waals surface area contributed by atoms with Gasteiger partial charge in [-0.05, 0) is 63.7 Å². The van der Waals surface area contributed by atoms with E-state index in [1.165, 1.54) is 51.9 Å². The molecule has 0 spiro atoms. The summed E-state index contributed by atoms with van der Waals surface area (Å²) in [6.07, 6.45) is 5.73. The second-order valence-corrected chi connectivity index (χ2v) is 4.31. The first-order valence-electron chi connectivity index (χ1n) is 5.36. The van der Waals surface area contributed by atoms with Crippen LogP contribution in [0.4, 0.5) is 0 Å². The fourth-order valence-electron chi connectivity index (χ4n) is 1.91. The lowest BCUT2D eigenvalue weighted by molar-refractivity contribution is 0.358. The van der Waals surface area contributed by atoms with Gasteiger partial charge in [-0.15, -0.1) is 0 Å². The van der Waals surface area contributed by atoms with Gasteiger partial charge < -0.3 is 10.6 Å². The summed E-state index contributed by atoms with van der Waals surface area (Å²) in [5.74, 6) is 1.93. The van der Waals surface area contributed by atoms with Gasteiger partial charge in [-0.3, -0.25) is 0 Å². The molecular formula is C10H20N2. The van der Waals surface area contributed by atoms with E-state index >= 15 is 0 Å². The largest absolute Gasteiger partial charge is 0.316 e. The molecule has 0 aromatic carbocycles. The minimum Gasteiger partial charge on any atom is -0.316 e. The van der Waals surface area contributed by atoms with Gasteiger partial charge in [0.15, 0.2) is 0 Å². The molecule has 0 amide bonds. The number of hydrogen-bond acceptors (Lipinski definition) is 2. The molecule has 0 radical (unpaired) electrons. The third-order valence-electron chi connectivity index (χ3n) is 2.96. The van der Waals surface area contributed by atoms with Crippen LogP contribution in [-0.4, -0.2) is 26.2 Å². The van der Waals surface area contributed by atoms with Crippen molar-refractivity contribution in [2.75, 3.05) is 26.2 Å². The normalized spacial score (nSPS) is 30.5. The number of hydrogen-bond donors (Lipinski definition) is 2. The van der Waals surface area contributed by atoms with Gasteiger partial charge in [-0.2, -0.15) is 0 Å². The van der Waals surface area contributed by atoms with Crippen LogP contribution in [0.5, 0.6) is 0 Å². The highest BCUT2D eigenvalue weighted by atomic mass is 14.9. The van der Waals surface area contributed by atoms with Crippen molar-refractivity contribution in [1.29, 1.82) is 0 Å². The van der Waals surface area contributed by atoms with Gasteiger partial charge >= 0.3 is 0 Å². The molecule has 70 valence electrons. The molecule has 1 aliphatic heterocycles. The van der Waals surface area contributed by atoms with Gasteiger partial charge in [0, 0.05) is 0 Å². The Hall–Kier alpha value is -0.0800. The predicted octanol–water partition coefficient (Wildman–Crippen LogP) is 0.986. The number of rotatable bonds is 4. The Kier molecular flexibility index (Phi) is 3.01. The topological polar surface area (TPSA) is 24.1 Å². The zero-order chi connectivity index (χ0) is 8.23. The van der Waals surface area contributed by atoms with Crippen LogP contribution < -0.4 is 10.6 Å². The maximum Gasteiger partial charge on any atom is -0.000826 e. The standard InChI is InChI=1S/C10H20N2/c1-2-10(7-11-5-1)8-12-6-9-3-4-9/h9-12H,1-8H2. The predicted molar refractivity (Wildman–Crippen MR) is 51.2 cm³/mol. The molecule has 0 bridgehead atoms. The minimum absolute atomic E-state index is 0.900. The molecule has 0 aromatic rings. The Morgan fingerprint density at radius 3 is 2.58 bits per heavy atom. The quantitative estimate of drug-likeness (QED) is 0.654. The molecule has 2 fully saturated rings. The van der Waals surface area contributed by atoms with Crippen molar-refractivity contribution in [1.82, 2.24) is 10.6 Å². The van der Waals surface area contributed by atoms with E-state index in [9.17, 15) is 0 Å². The lowest BCUT2D eigenvalue weighted by Crippen LogP contribution is -2.36. The molecule has 12 heavy (non-hydrogen) atoms. The smallest absolute Gasteiger partial charge is 0.000826 e. The highest BCUT2D eigenvalue weighted by Gasteiger charge is 2.21. The van der Waals surface area contributed by atoms with Gasteiger partial charge in [-0.25, -0.2) is 0 Å². The molecule has 2 heteroatoms. The van der Waals surface area contributed by atoms with Gasteiger partial charge in [0.2, 0.25) is 0 Å². The summed E-state index contributed by atoms with van der Waals surface area (Å²) in [5, 5.41) is 7.03. The maximum absolute atomic E-state index is 3.58. The number of nitrogens with one attached hydrogen (secondary N) is 2. The highest BCUT2D eigenvalue weighted by molar-refractivity contribution is 4.77. The molecule has 1 heterocycles. The van der Waals surface area contributed by atoms with Crippen LogP contribution in [0.1, 0.15) is 25.7 Å². The Morgan fingerprint density at radius 2 is 1.92 bits per heavy atom. The van der Waals surface area contributed by atoms with Gasteiger partial charge in [0.1, 0.15) is 0 Å². The molecule has 1 atom stereocenters. The first-order chi connectivity index (χ1) is 5.95. The summed E-state index contributed by atoms with van der Waals surface area (Å²) in [5.41, 5.74) is 0. The Balaban J connectivity index is 1.52. The Bertz CT molecular complexity index is 126. The van der Waals surface area contributed by atoms with E-state index in [2.05, 4.69) is 10.6 Å². The van der Waals surface area contributed by atoms with Crippen LogP contribution in [0, 0.1) is 11.8 Å². The van der Waals surface area contributed by atoms with Crippen LogP contribution in [0.15, 0.2) is 0 Å². The first kappa shape index (κ1) is 8.52. The summed E-state index contributed by atoms with van der Waals surface area (Å²) in [6.45, 7) is 4.98. The number of piperidine rings is 1. The average Bonchev–Trinajstić information content (AvgIpc) is 2.90. The summed E-state index contributed by atoms with van der Waals surface area (Å²) in [4.78, 5) is 0. The molecule has 2 aliphatic rings. The minimum atomic E-state index is 0.900. The second-order valence-electron chi connectivity index (χ2n) is 4.31. The highest BCUT2D eigenvalue weighted by Crippen LogP contribution is 2.27. The van der Waals surface area contributed by atoms with Gasteiger partial charge in [0.05, 0.1) is 0 Å². The van der Waals surface area contributed by atoms with Crippen molar-refractivity contribution in [3.63, 3.8) is 0 Å². The van der Waals surface area contributed by atoms with E-state index < -0.39 is 0 Å². The molecule has 1 unspecified atom stereocenters. The zero-order valence-corrected chi connectivity index (χ0v) is 7.81. The van der Waals surface area contributed by atoms with E-state index in [1.54, 1.807) is 0 Å². The SMILES string of the molecule is C1CNCC(CNCC2CC2)C1. The fraction of sp³-hybridized carbons (Fsp3) is 1.00. The molecule has 0 aromatic heterocycles. The zero-order valence-electron chi connectivity index (χ0n) is 7.81. The molecular weight excluding hydrogens is 148 g/mol. The summed E-state index contributed by atoms with van der Waals surface area (Å²) in [6, 6.07) is 0. The van der Waals surface area contributed by atoms with Crippen molar-refractivity contribution in [3.05, 3.63) is 0 Å². The van der Waals surface area contributed by atoms with E-state index in [0.717, 1.165) is 11.8 Å². The molecule has 2 N–H and O–H groups in total. The second kappa shape index (κ2) is 4.24. The van der Waals surface area contributed by atoms with Crippen LogP contribution in [-0.2, 0) is 0 Å². The van der Waals surface area contributed by atoms with Crippen molar-refractivity contribution >= 4 is 0 Å². The molecule has 2 nitrogen and oxygen atoms in total. The Morgan fingerprint density at radius 1 is 1.08 bits per heavy atom. The van der Waals surface area contributed by atoms with Crippen LogP contribution in [0.3, 0.4) is 0 Å². The van der Waals surface area contributed by atoms with Gasteiger partial charge in [-0.1, -0.05) is 0 Å². The lowest BCUT2D eigenvalue weighted by atomic mass is 10.00. The van der Waals surface area contributed by atoms with E-state index in [1.807, 2.05) is 0 Å². The van der Waals surface area contributed by atoms with Crippen molar-refractivity contribution in [2.24, 2.45) is 11.8 Å². The van der Waals surface area contributed by atoms with Crippen LogP contribution in [0.25, 0.3) is 0 Å². The van der Waals surface area contributed by atoms with Crippen LogP contribution >= 0.6 is 0 Å². The van der Waals surface area contributed by atoms with Crippen LogP contribution in [0.2, 0.25) is 0 Å². The van der Waals surface area contributed by atoms with Crippen molar-refractivity contribution < 1.29 is 0 Å². The maximum atomic E-state index is 3.58. The van der Waals surface area contributed by atoms with Crippen molar-refractivity contribution in [2.45, 2.75) is 25.7 Å². The summed E-state index contributed by atoms with van der Waals surface area (Å²) < 4.78 is 0. The molecule has 1 saturated heterocycles. The molecule has 1 aliphatic carbocycles. The van der Waals surface area contributed by atoms with Gasteiger partial charge in [0.25, 0.3) is 0 Å². The molecule has 1 saturated carbocycles.